The minimum atomic E-state index is -4.77. The lowest BCUT2D eigenvalue weighted by Crippen LogP contribution is -2.46. The van der Waals surface area contributed by atoms with Gasteiger partial charge in [0.05, 0.1) is 12.1 Å². The number of nitrogens with zero attached hydrogens (tertiary/aromatic N) is 2. The van der Waals surface area contributed by atoms with E-state index in [2.05, 4.69) is 15.3 Å². The van der Waals surface area contributed by atoms with E-state index in [4.69, 9.17) is 0 Å². The van der Waals surface area contributed by atoms with E-state index in [1.807, 2.05) is 5.32 Å². The highest BCUT2D eigenvalue weighted by Crippen LogP contribution is 2.46. The van der Waals surface area contributed by atoms with Crippen LogP contribution in [0.25, 0.3) is 0 Å². The third kappa shape index (κ3) is 7.58. The Bertz CT molecular complexity index is 1210. The van der Waals surface area contributed by atoms with Gasteiger partial charge < -0.3 is 10.6 Å². The summed E-state index contributed by atoms with van der Waals surface area (Å²) in [4.78, 5) is 31.2. The molecule has 0 bridgehead atoms. The molecule has 234 valence electrons. The maximum atomic E-state index is 13.6. The van der Waals surface area contributed by atoms with Crippen LogP contribution in [0.1, 0.15) is 77.3 Å². The molecule has 2 heterocycles. The number of halogens is 8. The van der Waals surface area contributed by atoms with Crippen LogP contribution in [-0.2, 0) is 9.59 Å². The van der Waals surface area contributed by atoms with Crippen LogP contribution < -0.4 is 10.6 Å². The Morgan fingerprint density at radius 2 is 1.24 bits per heavy atom. The number of amidine groups is 2. The van der Waals surface area contributed by atoms with Crippen LogP contribution in [-0.4, -0.2) is 50.0 Å². The first-order valence-corrected chi connectivity index (χ1v) is 14.8. The van der Waals surface area contributed by atoms with Crippen molar-refractivity contribution in [3.8, 4) is 0 Å². The van der Waals surface area contributed by atoms with Crippen molar-refractivity contribution < 1.29 is 44.7 Å². The third-order valence-electron chi connectivity index (χ3n) is 7.09. The second-order valence-corrected chi connectivity index (χ2v) is 13.2. The van der Waals surface area contributed by atoms with E-state index in [0.29, 0.717) is 11.8 Å². The van der Waals surface area contributed by atoms with Crippen LogP contribution in [0.3, 0.4) is 0 Å². The van der Waals surface area contributed by atoms with Gasteiger partial charge in [-0.15, -0.1) is 0 Å². The van der Waals surface area contributed by atoms with E-state index < -0.39 is 51.3 Å². The largest absolute Gasteiger partial charge is 0.412 e. The summed E-state index contributed by atoms with van der Waals surface area (Å²) in [5.41, 5.74) is -0.370. The van der Waals surface area contributed by atoms with E-state index in [-0.39, 0.29) is 33.7 Å². The molecule has 2 saturated heterocycles. The van der Waals surface area contributed by atoms with Gasteiger partial charge in [-0.2, -0.15) is 26.3 Å². The number of benzene rings is 1. The Labute approximate surface area is 246 Å². The molecule has 3 atom stereocenters. The quantitative estimate of drug-likeness (QED) is 0.340. The fourth-order valence-electron chi connectivity index (χ4n) is 4.33. The van der Waals surface area contributed by atoms with Gasteiger partial charge in [0.2, 0.25) is 0 Å². The predicted molar refractivity (Wildman–Crippen MR) is 146 cm³/mol. The summed E-state index contributed by atoms with van der Waals surface area (Å²) in [5.74, 6) is -3.99. The zero-order valence-electron chi connectivity index (χ0n) is 22.9. The maximum Gasteiger partial charge on any atom is 0.412 e. The average Bonchev–Trinajstić information content (AvgIpc) is 3.30. The summed E-state index contributed by atoms with van der Waals surface area (Å²) < 4.78 is 99.6. The number of amides is 2. The molecule has 0 spiro atoms. The second kappa shape index (κ2) is 13.1. The lowest BCUT2D eigenvalue weighted by molar-refractivity contribution is -0.167. The second-order valence-electron chi connectivity index (χ2n) is 10.4. The van der Waals surface area contributed by atoms with Gasteiger partial charge in [-0.1, -0.05) is 61.7 Å². The molecule has 3 fully saturated rings. The molecule has 0 aromatic heterocycles. The first kappa shape index (κ1) is 34.1. The Balaban J connectivity index is 0.000000231. The SMILES string of the molecule is CC1(C(F)(F)F)SC(=NC2CCCCCCC2)NC1=O.C[C@H](N=C1NC(=O)C(C)(C(F)(F)F)S1)c1c(F)cccc1F. The minimum Gasteiger partial charge on any atom is -0.304 e. The van der Waals surface area contributed by atoms with Gasteiger partial charge in [-0.25, -0.2) is 8.78 Å². The van der Waals surface area contributed by atoms with Crippen molar-refractivity contribution in [3.05, 3.63) is 35.4 Å². The number of hydrogen-bond acceptors (Lipinski definition) is 6. The molecule has 6 nitrogen and oxygen atoms in total. The van der Waals surface area contributed by atoms with Gasteiger partial charge in [0.15, 0.2) is 19.8 Å². The number of carbonyl (C=O) groups is 2. The molecule has 4 rings (SSSR count). The number of alkyl halides is 6. The summed E-state index contributed by atoms with van der Waals surface area (Å²) in [7, 11) is 0. The fraction of sp³-hybridized carbons (Fsp3) is 0.615. The number of carbonyl (C=O) groups excluding carboxylic acids is 2. The first-order chi connectivity index (χ1) is 19.4. The number of thioether (sulfide) groups is 2. The van der Waals surface area contributed by atoms with Gasteiger partial charge in [0.1, 0.15) is 11.6 Å². The van der Waals surface area contributed by atoms with Crippen LogP contribution in [0.2, 0.25) is 0 Å². The molecule has 1 aromatic rings. The number of nitrogens with one attached hydrogen (secondary N) is 2. The zero-order chi connectivity index (χ0) is 31.5. The number of rotatable bonds is 3. The molecule has 42 heavy (non-hydrogen) atoms. The normalized spacial score (nSPS) is 28.5. The standard InChI is InChI=1S/C13H11F5N2OS.C13H19F3N2OS/c1-6(9-7(14)4-3-5-8(9)15)19-11-20-10(21)12(2,22-11)13(16,17)18;1-12(13(14,15)16)10(19)18-11(20-12)17-9-7-5-3-2-4-6-8-9/h3-6H,1-2H3,(H,19,20,21);9H,2-8H2,1H3,(H,17,18,19)/t6-,12?;/m0./s1. The van der Waals surface area contributed by atoms with Crippen molar-refractivity contribution in [2.45, 2.75) is 99.6 Å². The average molecular weight is 647 g/mol. The Kier molecular flexibility index (Phi) is 10.6. The minimum absolute atomic E-state index is 0.0358. The molecule has 2 aliphatic heterocycles. The van der Waals surface area contributed by atoms with Crippen molar-refractivity contribution in [2.24, 2.45) is 9.98 Å². The van der Waals surface area contributed by atoms with Crippen LogP contribution in [0.4, 0.5) is 35.1 Å². The van der Waals surface area contributed by atoms with Gasteiger partial charge in [-0.3, -0.25) is 19.6 Å². The lowest BCUT2D eigenvalue weighted by atomic mass is 9.97. The van der Waals surface area contributed by atoms with Crippen LogP contribution >= 0.6 is 23.5 Å². The predicted octanol–water partition coefficient (Wildman–Crippen LogP) is 7.21. The van der Waals surface area contributed by atoms with Crippen molar-refractivity contribution in [2.75, 3.05) is 0 Å². The Morgan fingerprint density at radius 1 is 0.810 bits per heavy atom. The molecular weight excluding hydrogens is 616 g/mol. The molecule has 1 saturated carbocycles. The van der Waals surface area contributed by atoms with Gasteiger partial charge in [0, 0.05) is 5.56 Å². The molecule has 2 unspecified atom stereocenters. The third-order valence-corrected chi connectivity index (χ3v) is 9.55. The van der Waals surface area contributed by atoms with Crippen molar-refractivity contribution in [1.82, 2.24) is 10.6 Å². The Morgan fingerprint density at radius 3 is 1.69 bits per heavy atom. The summed E-state index contributed by atoms with van der Waals surface area (Å²) in [6, 6.07) is 2.17. The highest BCUT2D eigenvalue weighted by molar-refractivity contribution is 8.16. The molecule has 1 aliphatic carbocycles. The van der Waals surface area contributed by atoms with Crippen molar-refractivity contribution in [1.29, 1.82) is 0 Å². The lowest BCUT2D eigenvalue weighted by Gasteiger charge is -2.22. The molecule has 0 radical (unpaired) electrons. The van der Waals surface area contributed by atoms with Crippen LogP contribution in [0.5, 0.6) is 0 Å². The van der Waals surface area contributed by atoms with Gasteiger partial charge in [0.25, 0.3) is 11.8 Å². The maximum absolute atomic E-state index is 13.6. The smallest absolute Gasteiger partial charge is 0.304 e. The summed E-state index contributed by atoms with van der Waals surface area (Å²) >= 11 is 0.680. The van der Waals surface area contributed by atoms with E-state index in [0.717, 1.165) is 64.5 Å². The van der Waals surface area contributed by atoms with E-state index in [1.54, 1.807) is 0 Å². The number of aliphatic imine (C=N–C) groups is 2. The molecule has 1 aromatic carbocycles. The molecule has 2 N–H and O–H groups in total. The fourth-order valence-corrected chi connectivity index (χ4v) is 6.33. The molecule has 3 aliphatic rings. The Hall–Kier alpha value is -2.36. The molecule has 16 heteroatoms. The van der Waals surface area contributed by atoms with Gasteiger partial charge in [-0.05, 0) is 45.7 Å². The summed E-state index contributed by atoms with van der Waals surface area (Å²) in [6.45, 7) is 2.96. The van der Waals surface area contributed by atoms with Gasteiger partial charge >= 0.3 is 12.4 Å². The summed E-state index contributed by atoms with van der Waals surface area (Å²) in [5, 5.41) is 4.09. The summed E-state index contributed by atoms with van der Waals surface area (Å²) in [6.07, 6.45) is -1.92. The van der Waals surface area contributed by atoms with Crippen molar-refractivity contribution >= 4 is 45.7 Å². The van der Waals surface area contributed by atoms with E-state index in [1.165, 1.54) is 19.4 Å². The monoisotopic (exact) mass is 646 g/mol. The van der Waals surface area contributed by atoms with Crippen molar-refractivity contribution in [3.63, 3.8) is 0 Å². The van der Waals surface area contributed by atoms with Crippen LogP contribution in [0, 0.1) is 11.6 Å². The molecular formula is C26H30F8N4O2S2. The van der Waals surface area contributed by atoms with Crippen LogP contribution in [0.15, 0.2) is 28.2 Å². The zero-order valence-corrected chi connectivity index (χ0v) is 24.5. The highest BCUT2D eigenvalue weighted by atomic mass is 32.2. The number of hydrogen-bond donors (Lipinski definition) is 2. The molecule has 2 amide bonds. The first-order valence-electron chi connectivity index (χ1n) is 13.1. The highest BCUT2D eigenvalue weighted by Gasteiger charge is 2.62. The van der Waals surface area contributed by atoms with E-state index in [9.17, 15) is 44.7 Å². The topological polar surface area (TPSA) is 82.9 Å². The van der Waals surface area contributed by atoms with E-state index >= 15 is 0 Å².